The summed E-state index contributed by atoms with van der Waals surface area (Å²) in [4.78, 5) is 2.17. The summed E-state index contributed by atoms with van der Waals surface area (Å²) < 4.78 is 1.94. The molecule has 0 aromatic carbocycles. The predicted molar refractivity (Wildman–Crippen MR) is 63.4 cm³/mol. The van der Waals surface area contributed by atoms with Gasteiger partial charge in [0.25, 0.3) is 0 Å². The molecule has 1 aromatic heterocycles. The molecule has 0 bridgehead atoms. The molecule has 1 unspecified atom stereocenters. The minimum absolute atomic E-state index is 0.384. The molecule has 1 fully saturated rings. The Bertz CT molecular complexity index is 361. The van der Waals surface area contributed by atoms with Crippen LogP contribution in [-0.4, -0.2) is 45.5 Å². The third-order valence-corrected chi connectivity index (χ3v) is 3.23. The highest BCUT2D eigenvalue weighted by atomic mass is 16.3. The number of aromatic nitrogens is 2. The van der Waals surface area contributed by atoms with E-state index in [1.807, 2.05) is 24.0 Å². The molecule has 4 nitrogen and oxygen atoms in total. The van der Waals surface area contributed by atoms with Crippen LogP contribution in [0.15, 0.2) is 12.3 Å². The van der Waals surface area contributed by atoms with Gasteiger partial charge in [0, 0.05) is 31.7 Å². The predicted octanol–water partition coefficient (Wildman–Crippen LogP) is 1.07. The second-order valence-electron chi connectivity index (χ2n) is 5.27. The first-order valence-corrected chi connectivity index (χ1v) is 5.93. The van der Waals surface area contributed by atoms with E-state index in [9.17, 15) is 5.11 Å². The normalized spacial score (nSPS) is 26.8. The largest absolute Gasteiger partial charge is 0.388 e. The lowest BCUT2D eigenvalue weighted by Gasteiger charge is -2.21. The van der Waals surface area contributed by atoms with Crippen LogP contribution in [-0.2, 0) is 6.42 Å². The highest BCUT2D eigenvalue weighted by molar-refractivity contribution is 5.06. The van der Waals surface area contributed by atoms with E-state index in [4.69, 9.17) is 0 Å². The maximum absolute atomic E-state index is 10.4. The molecule has 16 heavy (non-hydrogen) atoms. The number of hydrogen-bond acceptors (Lipinski definition) is 3. The van der Waals surface area contributed by atoms with Crippen LogP contribution in [0.4, 0.5) is 0 Å². The van der Waals surface area contributed by atoms with Crippen LogP contribution in [0, 0.1) is 0 Å². The molecule has 1 aliphatic heterocycles. The Morgan fingerprint density at radius 1 is 1.56 bits per heavy atom. The molecule has 1 saturated heterocycles. The number of likely N-dealkylation sites (tertiary alicyclic amines) is 1. The lowest BCUT2D eigenvalue weighted by Crippen LogP contribution is -2.34. The van der Waals surface area contributed by atoms with E-state index in [0.717, 1.165) is 25.2 Å². The van der Waals surface area contributed by atoms with Crippen molar-refractivity contribution >= 4 is 0 Å². The molecule has 0 spiro atoms. The highest BCUT2D eigenvalue weighted by Crippen LogP contribution is 2.23. The maximum atomic E-state index is 10.4. The van der Waals surface area contributed by atoms with Crippen LogP contribution in [0.1, 0.15) is 32.0 Å². The van der Waals surface area contributed by atoms with E-state index < -0.39 is 5.60 Å². The smallest absolute Gasteiger partial charge is 0.0841 e. The SMILES string of the molecule is CC(C)n1ccc(CC2(O)CCN(C)C2)n1. The maximum Gasteiger partial charge on any atom is 0.0841 e. The summed E-state index contributed by atoms with van der Waals surface area (Å²) in [5.41, 5.74) is 0.414. The average molecular weight is 223 g/mol. The quantitative estimate of drug-likeness (QED) is 0.833. The van der Waals surface area contributed by atoms with Crippen molar-refractivity contribution < 1.29 is 5.11 Å². The molecular formula is C12H21N3O. The summed E-state index contributed by atoms with van der Waals surface area (Å²) in [6, 6.07) is 2.39. The first-order valence-electron chi connectivity index (χ1n) is 5.93. The summed E-state index contributed by atoms with van der Waals surface area (Å²) in [5.74, 6) is 0. The van der Waals surface area contributed by atoms with Gasteiger partial charge in [0.2, 0.25) is 0 Å². The van der Waals surface area contributed by atoms with Gasteiger partial charge in [0.05, 0.1) is 11.3 Å². The van der Waals surface area contributed by atoms with Gasteiger partial charge in [-0.05, 0) is 33.4 Å². The Balaban J connectivity index is 2.03. The molecule has 0 amide bonds. The van der Waals surface area contributed by atoms with Gasteiger partial charge in [0.15, 0.2) is 0 Å². The lowest BCUT2D eigenvalue weighted by atomic mass is 9.97. The van der Waals surface area contributed by atoms with E-state index in [1.165, 1.54) is 0 Å². The molecule has 1 N–H and O–H groups in total. The number of hydrogen-bond donors (Lipinski definition) is 1. The zero-order chi connectivity index (χ0) is 11.8. The van der Waals surface area contributed by atoms with Crippen molar-refractivity contribution in [1.82, 2.24) is 14.7 Å². The molecule has 0 radical (unpaired) electrons. The Kier molecular flexibility index (Phi) is 3.04. The van der Waals surface area contributed by atoms with Gasteiger partial charge in [0.1, 0.15) is 0 Å². The third-order valence-electron chi connectivity index (χ3n) is 3.23. The highest BCUT2D eigenvalue weighted by Gasteiger charge is 2.35. The number of aliphatic hydroxyl groups is 1. The number of rotatable bonds is 3. The van der Waals surface area contributed by atoms with Gasteiger partial charge in [-0.2, -0.15) is 5.10 Å². The zero-order valence-corrected chi connectivity index (χ0v) is 10.3. The molecule has 2 heterocycles. The van der Waals surface area contributed by atoms with Crippen molar-refractivity contribution in [3.05, 3.63) is 18.0 Å². The molecule has 0 saturated carbocycles. The lowest BCUT2D eigenvalue weighted by molar-refractivity contribution is 0.0512. The Morgan fingerprint density at radius 2 is 2.31 bits per heavy atom. The fourth-order valence-electron chi connectivity index (χ4n) is 2.30. The standard InChI is InChI=1S/C12H21N3O/c1-10(2)15-6-4-11(13-15)8-12(16)5-7-14(3)9-12/h4,6,10,16H,5,7-9H2,1-3H3. The second-order valence-corrected chi connectivity index (χ2v) is 5.27. The Morgan fingerprint density at radius 3 is 2.81 bits per heavy atom. The van der Waals surface area contributed by atoms with E-state index in [1.54, 1.807) is 0 Å². The van der Waals surface area contributed by atoms with Gasteiger partial charge in [-0.15, -0.1) is 0 Å². The Labute approximate surface area is 96.9 Å². The summed E-state index contributed by atoms with van der Waals surface area (Å²) in [6.45, 7) is 5.94. The van der Waals surface area contributed by atoms with Crippen molar-refractivity contribution in [2.24, 2.45) is 0 Å². The van der Waals surface area contributed by atoms with Crippen molar-refractivity contribution in [2.75, 3.05) is 20.1 Å². The van der Waals surface area contributed by atoms with Crippen LogP contribution in [0.5, 0.6) is 0 Å². The molecule has 1 aromatic rings. The van der Waals surface area contributed by atoms with Crippen molar-refractivity contribution in [1.29, 1.82) is 0 Å². The fourth-order valence-corrected chi connectivity index (χ4v) is 2.30. The minimum Gasteiger partial charge on any atom is -0.388 e. The third kappa shape index (κ3) is 2.44. The molecule has 0 aliphatic carbocycles. The van der Waals surface area contributed by atoms with Crippen LogP contribution >= 0.6 is 0 Å². The molecule has 4 heteroatoms. The van der Waals surface area contributed by atoms with E-state index in [2.05, 4.69) is 23.8 Å². The van der Waals surface area contributed by atoms with Gasteiger partial charge >= 0.3 is 0 Å². The van der Waals surface area contributed by atoms with Gasteiger partial charge in [-0.3, -0.25) is 4.68 Å². The van der Waals surface area contributed by atoms with Crippen molar-refractivity contribution in [2.45, 2.75) is 38.3 Å². The zero-order valence-electron chi connectivity index (χ0n) is 10.3. The van der Waals surface area contributed by atoms with Gasteiger partial charge in [-0.25, -0.2) is 0 Å². The van der Waals surface area contributed by atoms with E-state index in [-0.39, 0.29) is 0 Å². The molecule has 2 rings (SSSR count). The average Bonchev–Trinajstić information content (AvgIpc) is 2.74. The number of likely N-dealkylation sites (N-methyl/N-ethyl adjacent to an activating group) is 1. The summed E-state index contributed by atoms with van der Waals surface area (Å²) in [5, 5.41) is 14.9. The molecule has 1 aliphatic rings. The first kappa shape index (κ1) is 11.6. The summed E-state index contributed by atoms with van der Waals surface area (Å²) >= 11 is 0. The summed E-state index contributed by atoms with van der Waals surface area (Å²) in [7, 11) is 2.05. The second kappa shape index (κ2) is 4.18. The van der Waals surface area contributed by atoms with Gasteiger partial charge in [-0.1, -0.05) is 0 Å². The monoisotopic (exact) mass is 223 g/mol. The minimum atomic E-state index is -0.578. The molecular weight excluding hydrogens is 202 g/mol. The number of β-amino-alcohol motifs (C(OH)–C–C–N with tert-alkyl or cyclic N) is 1. The van der Waals surface area contributed by atoms with E-state index in [0.29, 0.717) is 12.5 Å². The van der Waals surface area contributed by atoms with Crippen LogP contribution in [0.2, 0.25) is 0 Å². The van der Waals surface area contributed by atoms with E-state index >= 15 is 0 Å². The first-order chi connectivity index (χ1) is 7.48. The topological polar surface area (TPSA) is 41.3 Å². The van der Waals surface area contributed by atoms with Crippen LogP contribution < -0.4 is 0 Å². The molecule has 90 valence electrons. The fraction of sp³-hybridized carbons (Fsp3) is 0.750. The van der Waals surface area contributed by atoms with Gasteiger partial charge < -0.3 is 10.0 Å². The number of nitrogens with zero attached hydrogens (tertiary/aromatic N) is 3. The Hall–Kier alpha value is -0.870. The van der Waals surface area contributed by atoms with Crippen molar-refractivity contribution in [3.63, 3.8) is 0 Å². The summed E-state index contributed by atoms with van der Waals surface area (Å²) in [6.07, 6.45) is 3.50. The van der Waals surface area contributed by atoms with Crippen molar-refractivity contribution in [3.8, 4) is 0 Å². The molecule has 1 atom stereocenters. The van der Waals surface area contributed by atoms with Crippen LogP contribution in [0.25, 0.3) is 0 Å². The van der Waals surface area contributed by atoms with Crippen LogP contribution in [0.3, 0.4) is 0 Å².